The van der Waals surface area contributed by atoms with Crippen LogP contribution in [0.1, 0.15) is 21.5 Å². The standard InChI is InChI=1S/C14H14ClN3O/c1-9-2-4-10(5-3-9)8-17-14(19)11-6-12(15)18-13(16)7-11/h2-7H,8H2,1H3,(H2,16,18)(H,17,19). The molecule has 1 aromatic carbocycles. The number of nitrogens with two attached hydrogens (primary N) is 1. The number of nitrogens with one attached hydrogen (secondary N) is 1. The fourth-order valence-corrected chi connectivity index (χ4v) is 1.85. The first kappa shape index (κ1) is 13.4. The zero-order valence-electron chi connectivity index (χ0n) is 10.5. The molecule has 0 aliphatic carbocycles. The van der Waals surface area contributed by atoms with E-state index in [1.54, 1.807) is 0 Å². The smallest absolute Gasteiger partial charge is 0.251 e. The highest BCUT2D eigenvalue weighted by atomic mass is 35.5. The second-order valence-electron chi connectivity index (χ2n) is 4.27. The molecule has 0 spiro atoms. The van der Waals surface area contributed by atoms with Crippen molar-refractivity contribution in [3.05, 3.63) is 58.2 Å². The predicted molar refractivity (Wildman–Crippen MR) is 76.0 cm³/mol. The third kappa shape index (κ3) is 3.69. The van der Waals surface area contributed by atoms with Gasteiger partial charge in [0.15, 0.2) is 0 Å². The molecule has 4 nitrogen and oxygen atoms in total. The Morgan fingerprint density at radius 3 is 2.63 bits per heavy atom. The molecule has 1 aromatic heterocycles. The van der Waals surface area contributed by atoms with E-state index < -0.39 is 0 Å². The maximum absolute atomic E-state index is 11.9. The highest BCUT2D eigenvalue weighted by molar-refractivity contribution is 6.29. The van der Waals surface area contributed by atoms with Gasteiger partial charge in [0.2, 0.25) is 0 Å². The molecule has 19 heavy (non-hydrogen) atoms. The first-order valence-electron chi connectivity index (χ1n) is 5.81. The Morgan fingerprint density at radius 1 is 1.32 bits per heavy atom. The molecule has 2 aromatic rings. The molecule has 0 aliphatic rings. The van der Waals surface area contributed by atoms with Crippen molar-refractivity contribution in [2.45, 2.75) is 13.5 Å². The van der Waals surface area contributed by atoms with E-state index in [-0.39, 0.29) is 16.9 Å². The summed E-state index contributed by atoms with van der Waals surface area (Å²) in [5, 5.41) is 3.02. The Balaban J connectivity index is 2.03. The van der Waals surface area contributed by atoms with Crippen molar-refractivity contribution in [1.29, 1.82) is 0 Å². The molecule has 3 N–H and O–H groups in total. The van der Waals surface area contributed by atoms with Crippen LogP contribution in [-0.4, -0.2) is 10.9 Å². The minimum Gasteiger partial charge on any atom is -0.384 e. The minimum atomic E-state index is -0.225. The Labute approximate surface area is 116 Å². The number of rotatable bonds is 3. The highest BCUT2D eigenvalue weighted by Crippen LogP contribution is 2.12. The van der Waals surface area contributed by atoms with Gasteiger partial charge in [-0.05, 0) is 24.6 Å². The second kappa shape index (κ2) is 5.71. The van der Waals surface area contributed by atoms with E-state index >= 15 is 0 Å². The van der Waals surface area contributed by atoms with Gasteiger partial charge in [-0.15, -0.1) is 0 Å². The van der Waals surface area contributed by atoms with Gasteiger partial charge in [0, 0.05) is 12.1 Å². The SMILES string of the molecule is Cc1ccc(CNC(=O)c2cc(N)nc(Cl)c2)cc1. The summed E-state index contributed by atoms with van der Waals surface area (Å²) in [6, 6.07) is 10.9. The van der Waals surface area contributed by atoms with Gasteiger partial charge in [0.05, 0.1) is 0 Å². The van der Waals surface area contributed by atoms with Crippen molar-refractivity contribution in [1.82, 2.24) is 10.3 Å². The van der Waals surface area contributed by atoms with Gasteiger partial charge >= 0.3 is 0 Å². The Kier molecular flexibility index (Phi) is 4.02. The van der Waals surface area contributed by atoms with Crippen molar-refractivity contribution in [3.63, 3.8) is 0 Å². The average Bonchev–Trinajstić information content (AvgIpc) is 2.36. The number of carbonyl (C=O) groups is 1. The third-order valence-corrected chi connectivity index (χ3v) is 2.84. The molecule has 0 atom stereocenters. The number of aromatic nitrogens is 1. The zero-order chi connectivity index (χ0) is 13.8. The lowest BCUT2D eigenvalue weighted by Gasteiger charge is -2.06. The van der Waals surface area contributed by atoms with E-state index in [1.165, 1.54) is 17.7 Å². The van der Waals surface area contributed by atoms with Crippen LogP contribution in [0.3, 0.4) is 0 Å². The van der Waals surface area contributed by atoms with E-state index in [4.69, 9.17) is 17.3 Å². The number of halogens is 1. The van der Waals surface area contributed by atoms with Crippen LogP contribution in [0.15, 0.2) is 36.4 Å². The number of hydrogen-bond acceptors (Lipinski definition) is 3. The summed E-state index contributed by atoms with van der Waals surface area (Å²) in [5.74, 6) is 0.00422. The maximum Gasteiger partial charge on any atom is 0.251 e. The van der Waals surface area contributed by atoms with Crippen LogP contribution in [0.5, 0.6) is 0 Å². The molecule has 0 saturated carbocycles. The molecule has 1 amide bonds. The molecule has 1 heterocycles. The number of nitrogens with zero attached hydrogens (tertiary/aromatic N) is 1. The van der Waals surface area contributed by atoms with Crippen LogP contribution >= 0.6 is 11.6 Å². The zero-order valence-corrected chi connectivity index (χ0v) is 11.2. The lowest BCUT2D eigenvalue weighted by molar-refractivity contribution is 0.0951. The Bertz CT molecular complexity index is 576. The molecule has 98 valence electrons. The van der Waals surface area contributed by atoms with E-state index in [9.17, 15) is 4.79 Å². The molecular formula is C14H14ClN3O. The molecule has 0 aliphatic heterocycles. The lowest BCUT2D eigenvalue weighted by atomic mass is 10.1. The van der Waals surface area contributed by atoms with Crippen LogP contribution in [0.4, 0.5) is 5.82 Å². The normalized spacial score (nSPS) is 10.2. The van der Waals surface area contributed by atoms with E-state index in [0.717, 1.165) is 5.56 Å². The largest absolute Gasteiger partial charge is 0.384 e. The van der Waals surface area contributed by atoms with E-state index in [0.29, 0.717) is 12.1 Å². The van der Waals surface area contributed by atoms with Crippen LogP contribution in [0.25, 0.3) is 0 Å². The Hall–Kier alpha value is -2.07. The molecule has 0 fully saturated rings. The summed E-state index contributed by atoms with van der Waals surface area (Å²) < 4.78 is 0. The predicted octanol–water partition coefficient (Wildman–Crippen LogP) is 2.56. The van der Waals surface area contributed by atoms with Crippen molar-refractivity contribution < 1.29 is 4.79 Å². The number of carbonyl (C=O) groups excluding carboxylic acids is 1. The maximum atomic E-state index is 11.9. The van der Waals surface area contributed by atoms with Gasteiger partial charge in [-0.3, -0.25) is 4.79 Å². The minimum absolute atomic E-state index is 0.209. The summed E-state index contributed by atoms with van der Waals surface area (Å²) in [4.78, 5) is 15.7. The fourth-order valence-electron chi connectivity index (χ4n) is 1.64. The van der Waals surface area contributed by atoms with Crippen molar-refractivity contribution in [2.75, 3.05) is 5.73 Å². The number of anilines is 1. The topological polar surface area (TPSA) is 68.0 Å². The molecular weight excluding hydrogens is 262 g/mol. The Morgan fingerprint density at radius 2 is 2.00 bits per heavy atom. The monoisotopic (exact) mass is 275 g/mol. The summed E-state index contributed by atoms with van der Waals surface area (Å²) in [5.41, 5.74) is 8.17. The van der Waals surface area contributed by atoms with Crippen LogP contribution in [-0.2, 0) is 6.54 Å². The molecule has 5 heteroatoms. The van der Waals surface area contributed by atoms with Crippen molar-refractivity contribution in [2.24, 2.45) is 0 Å². The number of amides is 1. The first-order chi connectivity index (χ1) is 9.04. The summed E-state index contributed by atoms with van der Waals surface area (Å²) in [6.07, 6.45) is 0. The van der Waals surface area contributed by atoms with Gasteiger partial charge in [0.1, 0.15) is 11.0 Å². The van der Waals surface area contributed by atoms with Gasteiger partial charge < -0.3 is 11.1 Å². The van der Waals surface area contributed by atoms with Crippen LogP contribution < -0.4 is 11.1 Å². The van der Waals surface area contributed by atoms with Crippen LogP contribution in [0.2, 0.25) is 5.15 Å². The van der Waals surface area contributed by atoms with E-state index in [2.05, 4.69) is 10.3 Å². The van der Waals surface area contributed by atoms with Gasteiger partial charge in [-0.25, -0.2) is 4.98 Å². The summed E-state index contributed by atoms with van der Waals surface area (Å²) >= 11 is 5.76. The molecule has 0 unspecified atom stereocenters. The first-order valence-corrected chi connectivity index (χ1v) is 6.19. The second-order valence-corrected chi connectivity index (χ2v) is 4.66. The van der Waals surface area contributed by atoms with Crippen molar-refractivity contribution >= 4 is 23.3 Å². The quantitative estimate of drug-likeness (QED) is 0.846. The molecule has 0 radical (unpaired) electrons. The van der Waals surface area contributed by atoms with Gasteiger partial charge in [0.25, 0.3) is 5.91 Å². The van der Waals surface area contributed by atoms with Gasteiger partial charge in [-0.1, -0.05) is 41.4 Å². The van der Waals surface area contributed by atoms with Gasteiger partial charge in [-0.2, -0.15) is 0 Å². The fraction of sp³-hybridized carbons (Fsp3) is 0.143. The molecule has 0 bridgehead atoms. The average molecular weight is 276 g/mol. The number of benzene rings is 1. The number of pyridine rings is 1. The summed E-state index contributed by atoms with van der Waals surface area (Å²) in [6.45, 7) is 2.48. The van der Waals surface area contributed by atoms with E-state index in [1.807, 2.05) is 31.2 Å². The number of aryl methyl sites for hydroxylation is 1. The third-order valence-electron chi connectivity index (χ3n) is 2.65. The molecule has 2 rings (SSSR count). The molecule has 0 saturated heterocycles. The highest BCUT2D eigenvalue weighted by Gasteiger charge is 2.07. The number of hydrogen-bond donors (Lipinski definition) is 2. The summed E-state index contributed by atoms with van der Waals surface area (Å²) in [7, 11) is 0. The lowest BCUT2D eigenvalue weighted by Crippen LogP contribution is -2.23. The van der Waals surface area contributed by atoms with Crippen LogP contribution in [0, 0.1) is 6.92 Å². The number of nitrogen functional groups attached to an aromatic ring is 1. The van der Waals surface area contributed by atoms with Crippen molar-refractivity contribution in [3.8, 4) is 0 Å².